The van der Waals surface area contributed by atoms with E-state index in [4.69, 9.17) is 14.2 Å². The van der Waals surface area contributed by atoms with Gasteiger partial charge in [0.2, 0.25) is 0 Å². The van der Waals surface area contributed by atoms with Gasteiger partial charge in [0.25, 0.3) is 5.91 Å². The van der Waals surface area contributed by atoms with Gasteiger partial charge in [-0.1, -0.05) is 6.92 Å². The molecule has 0 atom stereocenters. The number of sulfone groups is 1. The molecule has 0 bridgehead atoms. The van der Waals surface area contributed by atoms with Crippen molar-refractivity contribution in [3.63, 3.8) is 0 Å². The molecular weight excluding hydrogens is 463 g/mol. The summed E-state index contributed by atoms with van der Waals surface area (Å²) in [4.78, 5) is 14.4. The molecule has 11 heteroatoms. The number of halogens is 3. The van der Waals surface area contributed by atoms with Crippen LogP contribution in [0.15, 0.2) is 29.2 Å². The molecule has 2 aromatic rings. The zero-order valence-corrected chi connectivity index (χ0v) is 19.3. The molecule has 2 aromatic carbocycles. The Bertz CT molecular complexity index is 1140. The van der Waals surface area contributed by atoms with E-state index in [-0.39, 0.29) is 46.9 Å². The number of likely N-dealkylation sites (tertiary alicyclic amines) is 1. The van der Waals surface area contributed by atoms with Gasteiger partial charge in [-0.25, -0.2) is 21.6 Å². The van der Waals surface area contributed by atoms with Gasteiger partial charge in [0.15, 0.2) is 33.0 Å². The summed E-state index contributed by atoms with van der Waals surface area (Å²) in [5.41, 5.74) is -0.0710. The highest BCUT2D eigenvalue weighted by molar-refractivity contribution is 7.91. The van der Waals surface area contributed by atoms with Gasteiger partial charge in [0, 0.05) is 12.1 Å². The Morgan fingerprint density at radius 2 is 1.73 bits per heavy atom. The lowest BCUT2D eigenvalue weighted by molar-refractivity contribution is 0.0141. The van der Waals surface area contributed by atoms with Gasteiger partial charge in [0.05, 0.1) is 32.1 Å². The Hall–Kier alpha value is -2.95. The van der Waals surface area contributed by atoms with Gasteiger partial charge in [-0.2, -0.15) is 0 Å². The van der Waals surface area contributed by atoms with Crippen LogP contribution >= 0.6 is 0 Å². The number of nitrogens with zero attached hydrogens (tertiary/aromatic N) is 1. The van der Waals surface area contributed by atoms with Gasteiger partial charge in [-0.15, -0.1) is 0 Å². The minimum absolute atomic E-state index is 0.0376. The molecule has 0 N–H and O–H groups in total. The lowest BCUT2D eigenvalue weighted by atomic mass is 10.1. The molecule has 33 heavy (non-hydrogen) atoms. The zero-order valence-electron chi connectivity index (χ0n) is 18.5. The van der Waals surface area contributed by atoms with E-state index in [0.717, 1.165) is 0 Å². The van der Waals surface area contributed by atoms with Crippen molar-refractivity contribution in [3.8, 4) is 17.2 Å². The number of carbonyl (C=O) groups is 1. The number of benzene rings is 2. The summed E-state index contributed by atoms with van der Waals surface area (Å²) in [5, 5.41) is 0. The average molecular weight is 487 g/mol. The lowest BCUT2D eigenvalue weighted by Crippen LogP contribution is -2.56. The molecule has 0 aromatic heterocycles. The van der Waals surface area contributed by atoms with Crippen molar-refractivity contribution in [2.45, 2.75) is 37.9 Å². The molecule has 0 radical (unpaired) electrons. The number of carbonyl (C=O) groups excluding carboxylic acids is 1. The van der Waals surface area contributed by atoms with Gasteiger partial charge in [-0.05, 0) is 26.0 Å². The van der Waals surface area contributed by atoms with E-state index in [1.807, 2.05) is 0 Å². The van der Waals surface area contributed by atoms with E-state index in [9.17, 15) is 26.4 Å². The maximum Gasteiger partial charge on any atom is 0.261 e. The topological polar surface area (TPSA) is 82.1 Å². The predicted octanol–water partition coefficient (Wildman–Crippen LogP) is 3.60. The SMILES string of the molecule is CCS(=O)(=O)c1ccc(OC(C)C)c(C(=O)N2CC(Oc3c(F)cc(F)cc3F)C2)c1OC. The number of hydrogen-bond donors (Lipinski definition) is 0. The number of amides is 1. The van der Waals surface area contributed by atoms with Crippen molar-refractivity contribution in [2.24, 2.45) is 0 Å². The Balaban J connectivity index is 1.88. The molecule has 1 aliphatic heterocycles. The summed E-state index contributed by atoms with van der Waals surface area (Å²) < 4.78 is 82.1. The minimum atomic E-state index is -3.71. The predicted molar refractivity (Wildman–Crippen MR) is 113 cm³/mol. The Morgan fingerprint density at radius 3 is 2.24 bits per heavy atom. The summed E-state index contributed by atoms with van der Waals surface area (Å²) in [7, 11) is -2.46. The van der Waals surface area contributed by atoms with E-state index in [2.05, 4.69) is 0 Å². The first kappa shape index (κ1) is 24.7. The molecule has 1 heterocycles. The van der Waals surface area contributed by atoms with Crippen molar-refractivity contribution in [2.75, 3.05) is 26.0 Å². The van der Waals surface area contributed by atoms with Crippen molar-refractivity contribution in [1.82, 2.24) is 4.90 Å². The maximum atomic E-state index is 13.8. The number of hydrogen-bond acceptors (Lipinski definition) is 6. The number of rotatable bonds is 8. The fourth-order valence-corrected chi connectivity index (χ4v) is 4.40. The van der Waals surface area contributed by atoms with Crippen molar-refractivity contribution < 1.29 is 40.6 Å². The third-order valence-electron chi connectivity index (χ3n) is 4.96. The fraction of sp³-hybridized carbons (Fsp3) is 0.409. The Labute approximate surface area is 190 Å². The van der Waals surface area contributed by atoms with Crippen LogP contribution in [0.3, 0.4) is 0 Å². The van der Waals surface area contributed by atoms with Crippen LogP contribution in [0, 0.1) is 17.5 Å². The summed E-state index contributed by atoms with van der Waals surface area (Å²) in [6, 6.07) is 3.73. The number of ether oxygens (including phenoxy) is 3. The molecule has 1 aliphatic rings. The normalized spacial score (nSPS) is 14.2. The van der Waals surface area contributed by atoms with Crippen LogP contribution in [-0.2, 0) is 9.84 Å². The van der Waals surface area contributed by atoms with Crippen LogP contribution in [0.5, 0.6) is 17.2 Å². The minimum Gasteiger partial charge on any atom is -0.494 e. The highest BCUT2D eigenvalue weighted by atomic mass is 32.2. The average Bonchev–Trinajstić information content (AvgIpc) is 2.70. The highest BCUT2D eigenvalue weighted by Crippen LogP contribution is 2.38. The largest absolute Gasteiger partial charge is 0.494 e. The van der Waals surface area contributed by atoms with Crippen molar-refractivity contribution >= 4 is 15.7 Å². The van der Waals surface area contributed by atoms with Crippen LogP contribution in [0.2, 0.25) is 0 Å². The second-order valence-corrected chi connectivity index (χ2v) is 9.94. The molecule has 1 fully saturated rings. The van der Waals surface area contributed by atoms with E-state index < -0.39 is 45.0 Å². The van der Waals surface area contributed by atoms with Crippen LogP contribution in [0.4, 0.5) is 13.2 Å². The molecule has 0 spiro atoms. The Kier molecular flexibility index (Phi) is 7.11. The van der Waals surface area contributed by atoms with Gasteiger partial charge in [0.1, 0.15) is 28.1 Å². The van der Waals surface area contributed by atoms with Crippen LogP contribution in [-0.4, -0.2) is 57.4 Å². The van der Waals surface area contributed by atoms with Crippen molar-refractivity contribution in [1.29, 1.82) is 0 Å². The molecular formula is C22H24F3NO6S. The van der Waals surface area contributed by atoms with E-state index in [1.165, 1.54) is 31.1 Å². The first-order valence-corrected chi connectivity index (χ1v) is 11.8. The van der Waals surface area contributed by atoms with E-state index in [0.29, 0.717) is 12.1 Å². The van der Waals surface area contributed by atoms with Crippen LogP contribution < -0.4 is 14.2 Å². The zero-order chi connectivity index (χ0) is 24.5. The summed E-state index contributed by atoms with van der Waals surface area (Å²) in [6.45, 7) is 4.89. The summed E-state index contributed by atoms with van der Waals surface area (Å²) in [6.07, 6.45) is -1.06. The molecule has 7 nitrogen and oxygen atoms in total. The third kappa shape index (κ3) is 5.02. The van der Waals surface area contributed by atoms with Gasteiger partial charge in [-0.3, -0.25) is 4.79 Å². The van der Waals surface area contributed by atoms with Crippen LogP contribution in [0.25, 0.3) is 0 Å². The molecule has 1 saturated heterocycles. The molecule has 1 amide bonds. The van der Waals surface area contributed by atoms with E-state index >= 15 is 0 Å². The summed E-state index contributed by atoms with van der Waals surface area (Å²) in [5.74, 6) is -4.97. The highest BCUT2D eigenvalue weighted by Gasteiger charge is 2.38. The first-order valence-electron chi connectivity index (χ1n) is 10.2. The quantitative estimate of drug-likeness (QED) is 0.566. The maximum absolute atomic E-state index is 13.8. The first-order chi connectivity index (χ1) is 15.5. The second kappa shape index (κ2) is 9.50. The van der Waals surface area contributed by atoms with Gasteiger partial charge >= 0.3 is 0 Å². The molecule has 0 unspecified atom stereocenters. The standard InChI is InChI=1S/C22H24F3NO6S/c1-5-33(28,29)18-7-6-17(31-12(2)3)19(21(18)30-4)22(27)26-10-14(11-26)32-20-15(24)8-13(23)9-16(20)25/h6-9,12,14H,5,10-11H2,1-4H3. The molecule has 3 rings (SSSR count). The monoisotopic (exact) mass is 487 g/mol. The van der Waals surface area contributed by atoms with Crippen molar-refractivity contribution in [3.05, 3.63) is 47.3 Å². The fourth-order valence-electron chi connectivity index (χ4n) is 3.35. The second-order valence-electron chi connectivity index (χ2n) is 7.69. The van der Waals surface area contributed by atoms with E-state index in [1.54, 1.807) is 13.8 Å². The van der Waals surface area contributed by atoms with Gasteiger partial charge < -0.3 is 19.1 Å². The molecule has 0 saturated carbocycles. The third-order valence-corrected chi connectivity index (χ3v) is 6.71. The molecule has 0 aliphatic carbocycles. The smallest absolute Gasteiger partial charge is 0.261 e. The molecule has 180 valence electrons. The van der Waals surface area contributed by atoms with Crippen LogP contribution in [0.1, 0.15) is 31.1 Å². The lowest BCUT2D eigenvalue weighted by Gasteiger charge is -2.39. The Morgan fingerprint density at radius 1 is 1.12 bits per heavy atom. The number of methoxy groups -OCH3 is 1. The summed E-state index contributed by atoms with van der Waals surface area (Å²) >= 11 is 0.